The Balaban J connectivity index is 2.69. The van der Waals surface area contributed by atoms with E-state index < -0.39 is 0 Å². The molecule has 1 rings (SSSR count). The van der Waals surface area contributed by atoms with Crippen LogP contribution in [-0.4, -0.2) is 25.7 Å². The molecule has 0 fully saturated rings. The third kappa shape index (κ3) is 3.04. The number of hydrogen-bond donors (Lipinski definition) is 0. The first-order valence-corrected chi connectivity index (χ1v) is 4.83. The number of methoxy groups -OCH3 is 1. The van der Waals surface area contributed by atoms with Crippen molar-refractivity contribution in [1.29, 1.82) is 0 Å². The Hall–Kier alpha value is -1.02. The second kappa shape index (κ2) is 4.47. The highest BCUT2D eigenvalue weighted by molar-refractivity contribution is 5.26. The number of rotatable bonds is 4. The van der Waals surface area contributed by atoms with E-state index >= 15 is 0 Å². The van der Waals surface area contributed by atoms with Gasteiger partial charge in [0.05, 0.1) is 13.7 Å². The molecule has 0 aromatic heterocycles. The predicted molar refractivity (Wildman–Crippen MR) is 58.8 cm³/mol. The van der Waals surface area contributed by atoms with E-state index in [4.69, 9.17) is 4.74 Å². The second-order valence-corrected chi connectivity index (χ2v) is 4.04. The molecule has 2 heteroatoms. The van der Waals surface area contributed by atoms with Crippen molar-refractivity contribution in [3.63, 3.8) is 0 Å². The van der Waals surface area contributed by atoms with Crippen molar-refractivity contribution in [3.8, 4) is 5.75 Å². The number of nitrogens with zero attached hydrogens (tertiary/aromatic N) is 1. The standard InChI is InChI=1S/C12H19NO/c1-5-13(2,3)10-11-6-8-12(14-4)9-7-11/h5-9H,10H2,1-4H3. The summed E-state index contributed by atoms with van der Waals surface area (Å²) in [6.07, 6.45) is 0. The lowest BCUT2D eigenvalue weighted by molar-refractivity contribution is -0.873. The lowest BCUT2D eigenvalue weighted by Crippen LogP contribution is -2.34. The van der Waals surface area contributed by atoms with Crippen LogP contribution in [0.15, 0.2) is 24.3 Å². The molecule has 78 valence electrons. The molecule has 0 N–H and O–H groups in total. The van der Waals surface area contributed by atoms with Crippen molar-refractivity contribution >= 4 is 0 Å². The van der Waals surface area contributed by atoms with Crippen LogP contribution in [0.3, 0.4) is 0 Å². The summed E-state index contributed by atoms with van der Waals surface area (Å²) < 4.78 is 6.01. The van der Waals surface area contributed by atoms with E-state index in [1.807, 2.05) is 12.1 Å². The first-order chi connectivity index (χ1) is 6.57. The van der Waals surface area contributed by atoms with Crippen molar-refractivity contribution in [3.05, 3.63) is 36.4 Å². The van der Waals surface area contributed by atoms with Gasteiger partial charge in [0.15, 0.2) is 0 Å². The molecule has 0 saturated heterocycles. The van der Waals surface area contributed by atoms with Crippen molar-refractivity contribution in [1.82, 2.24) is 0 Å². The van der Waals surface area contributed by atoms with Gasteiger partial charge in [0.25, 0.3) is 0 Å². The minimum atomic E-state index is 0.895. The van der Waals surface area contributed by atoms with Crippen LogP contribution in [0.25, 0.3) is 0 Å². The van der Waals surface area contributed by atoms with E-state index in [2.05, 4.69) is 39.7 Å². The van der Waals surface area contributed by atoms with E-state index in [9.17, 15) is 0 Å². The van der Waals surface area contributed by atoms with Crippen LogP contribution >= 0.6 is 0 Å². The van der Waals surface area contributed by atoms with Crippen LogP contribution in [0.2, 0.25) is 0 Å². The lowest BCUT2D eigenvalue weighted by atomic mass is 10.2. The normalized spacial score (nSPS) is 11.4. The average molecular weight is 193 g/mol. The molecule has 0 atom stereocenters. The van der Waals surface area contributed by atoms with Crippen LogP contribution < -0.4 is 4.74 Å². The van der Waals surface area contributed by atoms with Gasteiger partial charge in [0.1, 0.15) is 5.75 Å². The zero-order chi connectivity index (χ0) is 10.6. The van der Waals surface area contributed by atoms with Gasteiger partial charge in [-0.2, -0.15) is 0 Å². The molecule has 0 heterocycles. The van der Waals surface area contributed by atoms with E-state index in [0.717, 1.165) is 16.8 Å². The fourth-order valence-electron chi connectivity index (χ4n) is 1.29. The van der Waals surface area contributed by atoms with Crippen LogP contribution in [0, 0.1) is 6.54 Å². The molecule has 0 bridgehead atoms. The van der Waals surface area contributed by atoms with Gasteiger partial charge >= 0.3 is 0 Å². The SMILES string of the molecule is C[CH-][N+](C)(C)Cc1ccc(OC)cc1. The number of quaternary nitrogens is 1. The van der Waals surface area contributed by atoms with Gasteiger partial charge in [0.2, 0.25) is 0 Å². The summed E-state index contributed by atoms with van der Waals surface area (Å²) in [5, 5.41) is 0. The molecule has 1 aromatic carbocycles. The molecule has 0 spiro atoms. The predicted octanol–water partition coefficient (Wildman–Crippen LogP) is 2.45. The molecule has 1 aromatic rings. The smallest absolute Gasteiger partial charge is 0.118 e. The average Bonchev–Trinajstić information content (AvgIpc) is 2.19. The third-order valence-electron chi connectivity index (χ3n) is 2.45. The summed E-state index contributed by atoms with van der Waals surface area (Å²) in [6.45, 7) is 5.29. The minimum absolute atomic E-state index is 0.895. The minimum Gasteiger partial charge on any atom is -0.497 e. The molecule has 14 heavy (non-hydrogen) atoms. The molecular weight excluding hydrogens is 174 g/mol. The quantitative estimate of drug-likeness (QED) is 0.527. The maximum atomic E-state index is 5.11. The Bertz CT molecular complexity index is 277. The first kappa shape index (κ1) is 11.1. The van der Waals surface area contributed by atoms with Gasteiger partial charge in [-0.3, -0.25) is 0 Å². The highest BCUT2D eigenvalue weighted by atomic mass is 16.5. The van der Waals surface area contributed by atoms with Crippen LogP contribution in [0.1, 0.15) is 12.5 Å². The van der Waals surface area contributed by atoms with E-state index in [1.54, 1.807) is 7.11 Å². The largest absolute Gasteiger partial charge is 0.497 e. The fraction of sp³-hybridized carbons (Fsp3) is 0.417. The molecule has 0 radical (unpaired) electrons. The van der Waals surface area contributed by atoms with Gasteiger partial charge in [-0.15, -0.1) is 13.5 Å². The molecule has 0 aliphatic heterocycles. The van der Waals surface area contributed by atoms with Gasteiger partial charge in [-0.25, -0.2) is 0 Å². The van der Waals surface area contributed by atoms with Crippen molar-refractivity contribution in [2.24, 2.45) is 0 Å². The Labute approximate surface area is 86.7 Å². The molecule has 0 aliphatic rings. The van der Waals surface area contributed by atoms with Crippen LogP contribution in [-0.2, 0) is 6.54 Å². The molecule has 0 saturated carbocycles. The van der Waals surface area contributed by atoms with Gasteiger partial charge < -0.3 is 9.22 Å². The van der Waals surface area contributed by atoms with Crippen LogP contribution in [0.5, 0.6) is 5.75 Å². The lowest BCUT2D eigenvalue weighted by Gasteiger charge is -2.38. The van der Waals surface area contributed by atoms with E-state index in [0.29, 0.717) is 0 Å². The maximum Gasteiger partial charge on any atom is 0.118 e. The summed E-state index contributed by atoms with van der Waals surface area (Å²) in [6, 6.07) is 8.24. The monoisotopic (exact) mass is 193 g/mol. The van der Waals surface area contributed by atoms with E-state index in [1.165, 1.54) is 5.56 Å². The molecule has 0 amide bonds. The molecule has 2 nitrogen and oxygen atoms in total. The number of ether oxygens (including phenoxy) is 1. The Morgan fingerprint density at radius 1 is 1.21 bits per heavy atom. The number of benzene rings is 1. The summed E-state index contributed by atoms with van der Waals surface area (Å²) in [7, 11) is 6.06. The Morgan fingerprint density at radius 2 is 1.79 bits per heavy atom. The van der Waals surface area contributed by atoms with Crippen LogP contribution in [0.4, 0.5) is 0 Å². The van der Waals surface area contributed by atoms with Crippen molar-refractivity contribution < 1.29 is 9.22 Å². The van der Waals surface area contributed by atoms with Gasteiger partial charge in [-0.1, -0.05) is 0 Å². The highest BCUT2D eigenvalue weighted by Gasteiger charge is 2.05. The van der Waals surface area contributed by atoms with Crippen molar-refractivity contribution in [2.45, 2.75) is 13.5 Å². The summed E-state index contributed by atoms with van der Waals surface area (Å²) in [5.41, 5.74) is 1.33. The molecule has 0 unspecified atom stereocenters. The summed E-state index contributed by atoms with van der Waals surface area (Å²) in [4.78, 5) is 0. The third-order valence-corrected chi connectivity index (χ3v) is 2.45. The summed E-state index contributed by atoms with van der Waals surface area (Å²) >= 11 is 0. The fourth-order valence-corrected chi connectivity index (χ4v) is 1.29. The molecule has 0 aliphatic carbocycles. The van der Waals surface area contributed by atoms with Crippen molar-refractivity contribution in [2.75, 3.05) is 21.2 Å². The Kier molecular flexibility index (Phi) is 3.53. The Morgan fingerprint density at radius 3 is 2.21 bits per heavy atom. The molecular formula is C12H19NO. The zero-order valence-electron chi connectivity index (χ0n) is 9.45. The first-order valence-electron chi connectivity index (χ1n) is 4.83. The van der Waals surface area contributed by atoms with E-state index in [-0.39, 0.29) is 0 Å². The second-order valence-electron chi connectivity index (χ2n) is 4.04. The topological polar surface area (TPSA) is 9.23 Å². The van der Waals surface area contributed by atoms with Gasteiger partial charge in [0, 0.05) is 19.7 Å². The zero-order valence-corrected chi connectivity index (χ0v) is 9.45. The highest BCUT2D eigenvalue weighted by Crippen LogP contribution is 2.15. The number of hydrogen-bond acceptors (Lipinski definition) is 1. The maximum absolute atomic E-state index is 5.11. The van der Waals surface area contributed by atoms with Gasteiger partial charge in [-0.05, 0) is 24.3 Å². The summed E-state index contributed by atoms with van der Waals surface area (Å²) in [5.74, 6) is 0.916.